The van der Waals surface area contributed by atoms with Crippen LogP contribution in [0.2, 0.25) is 0 Å². The molecule has 0 aliphatic rings. The molecule has 0 bridgehead atoms. The van der Waals surface area contributed by atoms with E-state index < -0.39 is 9.84 Å². The number of hydrogen-bond donors (Lipinski definition) is 2. The number of aromatic nitrogens is 2. The number of nitrogen functional groups attached to an aromatic ring is 1. The smallest absolute Gasteiger partial charge is 0.182 e. The van der Waals surface area contributed by atoms with E-state index in [0.717, 1.165) is 19.1 Å². The van der Waals surface area contributed by atoms with Gasteiger partial charge in [0.15, 0.2) is 20.6 Å². The lowest BCUT2D eigenvalue weighted by molar-refractivity contribution is 0.362. The van der Waals surface area contributed by atoms with E-state index in [1.807, 2.05) is 20.8 Å². The third-order valence-corrected chi connectivity index (χ3v) is 3.85. The quantitative estimate of drug-likeness (QED) is 0.807. The van der Waals surface area contributed by atoms with Crippen LogP contribution in [0.5, 0.6) is 0 Å². The van der Waals surface area contributed by atoms with Crippen LogP contribution < -0.4 is 11.1 Å². The Bertz CT molecular complexity index is 541. The second kappa shape index (κ2) is 5.40. The van der Waals surface area contributed by atoms with Crippen molar-refractivity contribution < 1.29 is 8.42 Å². The van der Waals surface area contributed by atoms with Crippen LogP contribution in [0.4, 0.5) is 11.6 Å². The number of nitrogens with one attached hydrogen (secondary N) is 1. The van der Waals surface area contributed by atoms with E-state index in [9.17, 15) is 8.42 Å². The first kappa shape index (κ1) is 15.8. The lowest BCUT2D eigenvalue weighted by atomic mass is 10.1. The van der Waals surface area contributed by atoms with Crippen LogP contribution in [0.15, 0.2) is 4.90 Å². The van der Waals surface area contributed by atoms with Gasteiger partial charge < -0.3 is 11.1 Å². The Hall–Kier alpha value is -1.24. The molecule has 1 aromatic heterocycles. The van der Waals surface area contributed by atoms with E-state index in [1.165, 1.54) is 0 Å². The number of rotatable bonds is 5. The minimum atomic E-state index is -3.41. The van der Waals surface area contributed by atoms with Gasteiger partial charge in [0.25, 0.3) is 0 Å². The number of anilines is 2. The van der Waals surface area contributed by atoms with Gasteiger partial charge in [0.05, 0.1) is 5.54 Å². The fourth-order valence-electron chi connectivity index (χ4n) is 1.79. The molecule has 0 unspecified atom stereocenters. The van der Waals surface area contributed by atoms with Crippen LogP contribution in [-0.2, 0) is 15.4 Å². The standard InChI is InChI=1S/C12H24N4O2S/c1-6-7-8-14-11-9(19(5,17)18)10(13)16(15-11)12(2,3)4/h6-8,13H2,1-5H3,(H,14,15). The summed E-state index contributed by atoms with van der Waals surface area (Å²) in [5, 5.41) is 7.38. The van der Waals surface area contributed by atoms with Crippen LogP contribution in [0, 0.1) is 0 Å². The second-order valence-electron chi connectivity index (χ2n) is 5.70. The highest BCUT2D eigenvalue weighted by Crippen LogP contribution is 2.31. The zero-order valence-electron chi connectivity index (χ0n) is 12.3. The van der Waals surface area contributed by atoms with Gasteiger partial charge in [0.2, 0.25) is 0 Å². The maximum atomic E-state index is 11.9. The minimum Gasteiger partial charge on any atom is -0.383 e. The molecule has 6 nitrogen and oxygen atoms in total. The Balaban J connectivity index is 3.29. The summed E-state index contributed by atoms with van der Waals surface area (Å²) >= 11 is 0. The van der Waals surface area contributed by atoms with Gasteiger partial charge in [-0.15, -0.1) is 0 Å². The molecule has 110 valence electrons. The Kier molecular flexibility index (Phi) is 4.50. The van der Waals surface area contributed by atoms with Crippen molar-refractivity contribution in [2.24, 2.45) is 0 Å². The van der Waals surface area contributed by atoms with E-state index in [-0.39, 0.29) is 16.3 Å². The van der Waals surface area contributed by atoms with Crippen LogP contribution in [0.25, 0.3) is 0 Å². The van der Waals surface area contributed by atoms with Gasteiger partial charge in [0, 0.05) is 12.8 Å². The molecule has 0 radical (unpaired) electrons. The van der Waals surface area contributed by atoms with Crippen molar-refractivity contribution in [1.82, 2.24) is 9.78 Å². The summed E-state index contributed by atoms with van der Waals surface area (Å²) in [6.07, 6.45) is 3.13. The summed E-state index contributed by atoms with van der Waals surface area (Å²) in [5.41, 5.74) is 5.60. The van der Waals surface area contributed by atoms with E-state index in [2.05, 4.69) is 17.3 Å². The fourth-order valence-corrected chi connectivity index (χ4v) is 2.72. The number of unbranched alkanes of at least 4 members (excludes halogenated alkanes) is 1. The fraction of sp³-hybridized carbons (Fsp3) is 0.750. The predicted octanol–water partition coefficient (Wildman–Crippen LogP) is 1.84. The first-order valence-corrected chi connectivity index (χ1v) is 8.31. The SMILES string of the molecule is CCCCNc1nn(C(C)(C)C)c(N)c1S(C)(=O)=O. The highest BCUT2D eigenvalue weighted by atomic mass is 32.2. The van der Waals surface area contributed by atoms with Crippen molar-refractivity contribution in [3.63, 3.8) is 0 Å². The summed E-state index contributed by atoms with van der Waals surface area (Å²) < 4.78 is 25.3. The van der Waals surface area contributed by atoms with Crippen molar-refractivity contribution >= 4 is 21.5 Å². The average molecular weight is 288 g/mol. The van der Waals surface area contributed by atoms with Crippen molar-refractivity contribution in [3.8, 4) is 0 Å². The van der Waals surface area contributed by atoms with Crippen molar-refractivity contribution in [2.45, 2.75) is 51.0 Å². The van der Waals surface area contributed by atoms with E-state index in [0.29, 0.717) is 12.4 Å². The van der Waals surface area contributed by atoms with Gasteiger partial charge in [-0.05, 0) is 27.2 Å². The van der Waals surface area contributed by atoms with E-state index >= 15 is 0 Å². The molecule has 1 aromatic rings. The molecule has 0 aromatic carbocycles. The lowest BCUT2D eigenvalue weighted by Crippen LogP contribution is -2.25. The monoisotopic (exact) mass is 288 g/mol. The van der Waals surface area contributed by atoms with Crippen LogP contribution in [-0.4, -0.2) is 31.0 Å². The topological polar surface area (TPSA) is 90.0 Å². The highest BCUT2D eigenvalue weighted by molar-refractivity contribution is 7.91. The summed E-state index contributed by atoms with van der Waals surface area (Å²) in [7, 11) is -3.41. The van der Waals surface area contributed by atoms with Gasteiger partial charge in [-0.1, -0.05) is 13.3 Å². The molecule has 1 rings (SSSR count). The second-order valence-corrected chi connectivity index (χ2v) is 7.65. The van der Waals surface area contributed by atoms with Crippen molar-refractivity contribution in [3.05, 3.63) is 0 Å². The molecule has 0 spiro atoms. The first-order chi connectivity index (χ1) is 8.59. The third kappa shape index (κ3) is 3.62. The molecule has 0 amide bonds. The molecule has 0 aliphatic carbocycles. The van der Waals surface area contributed by atoms with Gasteiger partial charge in [-0.3, -0.25) is 0 Å². The molecular formula is C12H24N4O2S. The minimum absolute atomic E-state index is 0.0959. The predicted molar refractivity (Wildman–Crippen MR) is 78.1 cm³/mol. The number of hydrogen-bond acceptors (Lipinski definition) is 5. The van der Waals surface area contributed by atoms with Crippen molar-refractivity contribution in [1.29, 1.82) is 0 Å². The molecule has 19 heavy (non-hydrogen) atoms. The molecule has 1 heterocycles. The molecule has 7 heteroatoms. The van der Waals surface area contributed by atoms with E-state index in [1.54, 1.807) is 4.68 Å². The zero-order chi connectivity index (χ0) is 14.8. The van der Waals surface area contributed by atoms with Gasteiger partial charge in [-0.25, -0.2) is 13.1 Å². The molecule has 0 fully saturated rings. The Morgan fingerprint density at radius 3 is 2.37 bits per heavy atom. The molecular weight excluding hydrogens is 264 g/mol. The number of nitrogens with zero attached hydrogens (tertiary/aromatic N) is 2. The largest absolute Gasteiger partial charge is 0.383 e. The van der Waals surface area contributed by atoms with Crippen LogP contribution >= 0.6 is 0 Å². The average Bonchev–Trinajstić information content (AvgIpc) is 2.54. The normalized spacial score (nSPS) is 12.7. The Labute approximate surface area is 115 Å². The van der Waals surface area contributed by atoms with E-state index in [4.69, 9.17) is 5.73 Å². The summed E-state index contributed by atoms with van der Waals surface area (Å²) in [6, 6.07) is 0. The Morgan fingerprint density at radius 2 is 1.95 bits per heavy atom. The lowest BCUT2D eigenvalue weighted by Gasteiger charge is -2.20. The highest BCUT2D eigenvalue weighted by Gasteiger charge is 2.28. The molecule has 0 saturated heterocycles. The van der Waals surface area contributed by atoms with Gasteiger partial charge in [0.1, 0.15) is 5.82 Å². The Morgan fingerprint density at radius 1 is 1.37 bits per heavy atom. The summed E-state index contributed by atoms with van der Waals surface area (Å²) in [6.45, 7) is 8.54. The first-order valence-electron chi connectivity index (χ1n) is 6.42. The maximum Gasteiger partial charge on any atom is 0.182 e. The maximum absolute atomic E-state index is 11.9. The molecule has 3 N–H and O–H groups in total. The number of sulfone groups is 1. The number of nitrogens with two attached hydrogens (primary N) is 1. The molecule has 0 saturated carbocycles. The molecule has 0 aliphatic heterocycles. The summed E-state index contributed by atoms with van der Waals surface area (Å²) in [4.78, 5) is 0.0959. The van der Waals surface area contributed by atoms with Gasteiger partial charge >= 0.3 is 0 Å². The van der Waals surface area contributed by atoms with Crippen molar-refractivity contribution in [2.75, 3.05) is 23.9 Å². The van der Waals surface area contributed by atoms with Gasteiger partial charge in [-0.2, -0.15) is 5.10 Å². The summed E-state index contributed by atoms with van der Waals surface area (Å²) in [5.74, 6) is 0.539. The third-order valence-electron chi connectivity index (χ3n) is 2.70. The zero-order valence-corrected chi connectivity index (χ0v) is 13.1. The van der Waals surface area contributed by atoms with Crippen LogP contribution in [0.3, 0.4) is 0 Å². The van der Waals surface area contributed by atoms with Crippen LogP contribution in [0.1, 0.15) is 40.5 Å². The molecule has 0 atom stereocenters.